The lowest BCUT2D eigenvalue weighted by Gasteiger charge is -2.26. The Kier molecular flexibility index (Phi) is 7.03. The highest BCUT2D eigenvalue weighted by Gasteiger charge is 2.46. The van der Waals surface area contributed by atoms with Gasteiger partial charge >= 0.3 is 5.97 Å². The lowest BCUT2D eigenvalue weighted by atomic mass is 9.85. The number of ketones is 1. The molecule has 6 heteroatoms. The predicted octanol–water partition coefficient (Wildman–Crippen LogP) is 5.87. The highest BCUT2D eigenvalue weighted by Crippen LogP contribution is 2.41. The fourth-order valence-corrected chi connectivity index (χ4v) is 4.56. The van der Waals surface area contributed by atoms with E-state index in [1.807, 2.05) is 43.3 Å². The van der Waals surface area contributed by atoms with Crippen molar-refractivity contribution in [3.05, 3.63) is 112 Å². The fourth-order valence-electron chi connectivity index (χ4n) is 4.56. The van der Waals surface area contributed by atoms with Crippen molar-refractivity contribution in [1.29, 1.82) is 0 Å². The van der Waals surface area contributed by atoms with Gasteiger partial charge in [-0.2, -0.15) is 0 Å². The molecule has 1 saturated heterocycles. The number of aliphatic hydroxyl groups is 1. The van der Waals surface area contributed by atoms with E-state index in [4.69, 9.17) is 0 Å². The van der Waals surface area contributed by atoms with Crippen molar-refractivity contribution < 1.29 is 24.6 Å². The predicted molar refractivity (Wildman–Crippen MR) is 142 cm³/mol. The zero-order chi connectivity index (χ0) is 26.9. The van der Waals surface area contributed by atoms with Gasteiger partial charge in [0.2, 0.25) is 0 Å². The monoisotopic (exact) mass is 497 g/mol. The van der Waals surface area contributed by atoms with Gasteiger partial charge < -0.3 is 15.1 Å². The van der Waals surface area contributed by atoms with E-state index in [1.165, 1.54) is 17.0 Å². The van der Waals surface area contributed by atoms with E-state index in [2.05, 4.69) is 20.8 Å². The summed E-state index contributed by atoms with van der Waals surface area (Å²) in [6.07, 6.45) is 0.840. The number of benzene rings is 3. The minimum atomic E-state index is -1.04. The molecular formula is C31H31NO5. The number of Topliss-reactive ketones (excluding diaryl/α,β-unsaturated/α-hetero) is 1. The van der Waals surface area contributed by atoms with Crippen molar-refractivity contribution in [2.75, 3.05) is 0 Å². The van der Waals surface area contributed by atoms with Crippen LogP contribution in [0.2, 0.25) is 0 Å². The van der Waals surface area contributed by atoms with Crippen molar-refractivity contribution in [3.63, 3.8) is 0 Å². The fraction of sp³-hybridized carbons (Fsp3) is 0.258. The molecule has 0 aliphatic carbocycles. The van der Waals surface area contributed by atoms with Crippen molar-refractivity contribution in [3.8, 4) is 0 Å². The van der Waals surface area contributed by atoms with Crippen LogP contribution in [-0.4, -0.2) is 32.8 Å². The third kappa shape index (κ3) is 5.19. The summed E-state index contributed by atoms with van der Waals surface area (Å²) in [5, 5.41) is 20.5. The second-order valence-corrected chi connectivity index (χ2v) is 10.4. The minimum Gasteiger partial charge on any atom is -0.507 e. The lowest BCUT2D eigenvalue weighted by molar-refractivity contribution is -0.140. The van der Waals surface area contributed by atoms with Crippen LogP contribution in [0.5, 0.6) is 0 Å². The molecule has 0 aromatic heterocycles. The SMILES string of the molecule is CCc1ccc(/C(O)=C2\C(=O)C(=O)N(Cc3ccc(C(=O)O)cc3)C2c2ccc(C(C)(C)C)cc2)cc1. The number of carboxylic acid groups (broad SMARTS) is 1. The van der Waals surface area contributed by atoms with Crippen molar-refractivity contribution in [2.24, 2.45) is 0 Å². The third-order valence-corrected chi connectivity index (χ3v) is 6.82. The Balaban J connectivity index is 1.82. The summed E-state index contributed by atoms with van der Waals surface area (Å²) in [7, 11) is 0. The number of carbonyl (C=O) groups excluding carboxylic acids is 2. The Morgan fingerprint density at radius 3 is 1.86 bits per heavy atom. The molecule has 0 radical (unpaired) electrons. The Labute approximate surface area is 216 Å². The van der Waals surface area contributed by atoms with Crippen LogP contribution in [-0.2, 0) is 28.0 Å². The molecule has 4 rings (SSSR count). The molecule has 1 amide bonds. The van der Waals surface area contributed by atoms with Crippen LogP contribution >= 0.6 is 0 Å². The third-order valence-electron chi connectivity index (χ3n) is 6.82. The molecule has 3 aromatic carbocycles. The summed E-state index contributed by atoms with van der Waals surface area (Å²) in [6, 6.07) is 20.4. The van der Waals surface area contributed by atoms with Gasteiger partial charge in [0.25, 0.3) is 11.7 Å². The van der Waals surface area contributed by atoms with E-state index in [9.17, 15) is 24.6 Å². The van der Waals surface area contributed by atoms with Gasteiger partial charge in [0.15, 0.2) is 0 Å². The first-order valence-electron chi connectivity index (χ1n) is 12.3. The van der Waals surface area contributed by atoms with E-state index in [0.717, 1.165) is 17.5 Å². The van der Waals surface area contributed by atoms with Crippen LogP contribution in [0.1, 0.15) is 71.9 Å². The average molecular weight is 498 g/mol. The quantitative estimate of drug-likeness (QED) is 0.252. The molecule has 0 saturated carbocycles. The molecule has 1 atom stereocenters. The summed E-state index contributed by atoms with van der Waals surface area (Å²) in [6.45, 7) is 8.44. The van der Waals surface area contributed by atoms with Gasteiger partial charge in [0.05, 0.1) is 17.2 Å². The highest BCUT2D eigenvalue weighted by molar-refractivity contribution is 6.46. The second-order valence-electron chi connectivity index (χ2n) is 10.4. The normalized spacial score (nSPS) is 17.3. The number of hydrogen-bond acceptors (Lipinski definition) is 4. The van der Waals surface area contributed by atoms with Crippen LogP contribution in [0.15, 0.2) is 78.4 Å². The summed E-state index contributed by atoms with van der Waals surface area (Å²) >= 11 is 0. The first-order valence-corrected chi connectivity index (χ1v) is 12.3. The summed E-state index contributed by atoms with van der Waals surface area (Å²) in [5.74, 6) is -2.71. The Hall–Kier alpha value is -4.19. The van der Waals surface area contributed by atoms with Crippen LogP contribution in [0, 0.1) is 0 Å². The highest BCUT2D eigenvalue weighted by atomic mass is 16.4. The molecule has 3 aromatic rings. The van der Waals surface area contributed by atoms with E-state index in [1.54, 1.807) is 24.3 Å². The molecule has 1 heterocycles. The average Bonchev–Trinajstić information content (AvgIpc) is 3.13. The number of aliphatic hydroxyl groups excluding tert-OH is 1. The first-order chi connectivity index (χ1) is 17.5. The molecule has 2 N–H and O–H groups in total. The number of hydrogen-bond donors (Lipinski definition) is 2. The number of nitrogens with zero attached hydrogens (tertiary/aromatic N) is 1. The largest absolute Gasteiger partial charge is 0.507 e. The topological polar surface area (TPSA) is 94.9 Å². The molecule has 37 heavy (non-hydrogen) atoms. The van der Waals surface area contributed by atoms with Crippen LogP contribution in [0.4, 0.5) is 0 Å². The Bertz CT molecular complexity index is 1360. The smallest absolute Gasteiger partial charge is 0.335 e. The first kappa shape index (κ1) is 25.9. The van der Waals surface area contributed by atoms with Crippen LogP contribution in [0.25, 0.3) is 5.76 Å². The van der Waals surface area contributed by atoms with E-state index in [0.29, 0.717) is 16.7 Å². The molecule has 6 nitrogen and oxygen atoms in total. The van der Waals surface area contributed by atoms with Gasteiger partial charge in [-0.15, -0.1) is 0 Å². The van der Waals surface area contributed by atoms with Gasteiger partial charge in [-0.25, -0.2) is 4.79 Å². The van der Waals surface area contributed by atoms with Gasteiger partial charge in [0, 0.05) is 12.1 Å². The van der Waals surface area contributed by atoms with Crippen molar-refractivity contribution in [1.82, 2.24) is 4.90 Å². The second kappa shape index (κ2) is 10.1. The zero-order valence-corrected chi connectivity index (χ0v) is 21.5. The number of rotatable bonds is 6. The van der Waals surface area contributed by atoms with Crippen molar-refractivity contribution in [2.45, 2.75) is 52.1 Å². The maximum absolute atomic E-state index is 13.3. The van der Waals surface area contributed by atoms with Gasteiger partial charge in [0.1, 0.15) is 5.76 Å². The zero-order valence-electron chi connectivity index (χ0n) is 21.5. The maximum atomic E-state index is 13.3. The summed E-state index contributed by atoms with van der Waals surface area (Å²) < 4.78 is 0. The number of likely N-dealkylation sites (tertiary alicyclic amines) is 1. The van der Waals surface area contributed by atoms with E-state index >= 15 is 0 Å². The number of amides is 1. The van der Waals surface area contributed by atoms with Crippen molar-refractivity contribution >= 4 is 23.4 Å². The molecule has 190 valence electrons. The van der Waals surface area contributed by atoms with Gasteiger partial charge in [-0.05, 0) is 46.2 Å². The van der Waals surface area contributed by atoms with E-state index in [-0.39, 0.29) is 28.9 Å². The number of carboxylic acids is 1. The standard InChI is InChI=1S/C31H31NO5/c1-5-19-6-10-22(11-7-19)27(33)25-26(21-14-16-24(17-15-21)31(2,3)4)32(29(35)28(25)34)18-20-8-12-23(13-9-20)30(36)37/h6-17,26,33H,5,18H2,1-4H3,(H,36,37)/b27-25+. The number of aromatic carboxylic acids is 1. The molecule has 1 aliphatic heterocycles. The number of aryl methyl sites for hydroxylation is 1. The molecule has 0 spiro atoms. The minimum absolute atomic E-state index is 0.0416. The van der Waals surface area contributed by atoms with Gasteiger partial charge in [-0.3, -0.25) is 9.59 Å². The van der Waals surface area contributed by atoms with Gasteiger partial charge in [-0.1, -0.05) is 88.4 Å². The molecule has 1 fully saturated rings. The summed E-state index contributed by atoms with van der Waals surface area (Å²) in [5.41, 5.74) is 4.15. The van der Waals surface area contributed by atoms with Crippen LogP contribution in [0.3, 0.4) is 0 Å². The molecule has 1 aliphatic rings. The molecular weight excluding hydrogens is 466 g/mol. The Morgan fingerprint density at radius 1 is 0.811 bits per heavy atom. The Morgan fingerprint density at radius 2 is 1.35 bits per heavy atom. The van der Waals surface area contributed by atoms with Crippen LogP contribution < -0.4 is 0 Å². The molecule has 0 bridgehead atoms. The molecule has 1 unspecified atom stereocenters. The van der Waals surface area contributed by atoms with E-state index < -0.39 is 23.7 Å². The summed E-state index contributed by atoms with van der Waals surface area (Å²) in [4.78, 5) is 39.3. The number of carbonyl (C=O) groups is 3. The lowest BCUT2D eigenvalue weighted by Crippen LogP contribution is -2.29. The maximum Gasteiger partial charge on any atom is 0.335 e.